The highest BCUT2D eigenvalue weighted by Crippen LogP contribution is 2.32. The van der Waals surface area contributed by atoms with Crippen LogP contribution in [0.2, 0.25) is 0 Å². The summed E-state index contributed by atoms with van der Waals surface area (Å²) in [5, 5.41) is 9.42. The Labute approximate surface area is 341 Å². The first-order valence-electron chi connectivity index (χ1n) is 19.1. The number of oxazole rings is 2. The predicted octanol–water partition coefficient (Wildman–Crippen LogP) is 12.6. The molecule has 5 rings (SSSR count). The highest BCUT2D eigenvalue weighted by Gasteiger charge is 2.20. The standard InChI is InChI=1S/C29H37NO5.C17H22INO/c1-19(2)26-24(30-27(35-26)21-11-13-23(14-12-21)29(4,5)6)18-34-16-8-15-33-17-22-10-7-9-20(3)25(22)28(31)32;1-11(2)15-14(10-18)19-16(20-15)12-6-8-13(9-7-12)17(3,4)5/h7,9-14,19H,8,15-18H2,1-6H3,(H,31,32);6-9,11H,10H2,1-5H3. The van der Waals surface area contributed by atoms with Crippen LogP contribution in [0.3, 0.4) is 0 Å². The Bertz CT molecular complexity index is 1980. The predicted molar refractivity (Wildman–Crippen MR) is 229 cm³/mol. The Morgan fingerprint density at radius 2 is 1.16 bits per heavy atom. The number of aromatic nitrogens is 2. The Morgan fingerprint density at radius 3 is 1.58 bits per heavy atom. The highest BCUT2D eigenvalue weighted by atomic mass is 127. The topological polar surface area (TPSA) is 108 Å². The second-order valence-electron chi connectivity index (χ2n) is 16.6. The number of benzene rings is 3. The van der Waals surface area contributed by atoms with Crippen LogP contribution in [0.4, 0.5) is 0 Å². The van der Waals surface area contributed by atoms with Crippen molar-refractivity contribution in [3.63, 3.8) is 0 Å². The van der Waals surface area contributed by atoms with Gasteiger partial charge in [-0.1, -0.05) is 134 Å². The molecule has 8 nitrogen and oxygen atoms in total. The molecule has 0 unspecified atom stereocenters. The quantitative estimate of drug-likeness (QED) is 0.0668. The van der Waals surface area contributed by atoms with Gasteiger partial charge in [0.1, 0.15) is 17.2 Å². The number of hydrogen-bond acceptors (Lipinski definition) is 7. The number of aromatic carboxylic acids is 1. The second kappa shape index (κ2) is 19.4. The van der Waals surface area contributed by atoms with E-state index in [-0.39, 0.29) is 23.4 Å². The minimum absolute atomic E-state index is 0.0967. The van der Waals surface area contributed by atoms with E-state index in [2.05, 4.69) is 145 Å². The van der Waals surface area contributed by atoms with Gasteiger partial charge in [-0.3, -0.25) is 0 Å². The van der Waals surface area contributed by atoms with Gasteiger partial charge in [-0.05, 0) is 70.7 Å². The zero-order valence-electron chi connectivity index (χ0n) is 34.5. The summed E-state index contributed by atoms with van der Waals surface area (Å²) in [7, 11) is 0. The first kappa shape index (κ1) is 43.9. The van der Waals surface area contributed by atoms with Crippen LogP contribution in [0.15, 0.2) is 75.6 Å². The van der Waals surface area contributed by atoms with Crippen molar-refractivity contribution in [3.05, 3.63) is 117 Å². The zero-order valence-corrected chi connectivity index (χ0v) is 36.7. The van der Waals surface area contributed by atoms with E-state index in [1.807, 2.05) is 6.07 Å². The van der Waals surface area contributed by atoms with E-state index < -0.39 is 5.97 Å². The summed E-state index contributed by atoms with van der Waals surface area (Å²) in [5.74, 6) is 2.85. The Morgan fingerprint density at radius 1 is 0.709 bits per heavy atom. The summed E-state index contributed by atoms with van der Waals surface area (Å²) in [6.07, 6.45) is 0.699. The smallest absolute Gasteiger partial charge is 0.336 e. The number of aryl methyl sites for hydroxylation is 1. The van der Waals surface area contributed by atoms with E-state index >= 15 is 0 Å². The number of ether oxygens (including phenoxy) is 2. The van der Waals surface area contributed by atoms with Crippen molar-refractivity contribution in [2.24, 2.45) is 0 Å². The molecule has 9 heteroatoms. The van der Waals surface area contributed by atoms with E-state index in [0.717, 1.165) is 49.9 Å². The van der Waals surface area contributed by atoms with Crippen molar-refractivity contribution in [1.29, 1.82) is 0 Å². The molecule has 0 aliphatic rings. The third kappa shape index (κ3) is 12.1. The van der Waals surface area contributed by atoms with Gasteiger partial charge in [-0.2, -0.15) is 0 Å². The molecule has 3 aromatic carbocycles. The van der Waals surface area contributed by atoms with E-state index in [9.17, 15) is 9.90 Å². The minimum Gasteiger partial charge on any atom is -0.478 e. The number of rotatable bonds is 14. The van der Waals surface area contributed by atoms with E-state index in [0.29, 0.717) is 49.2 Å². The summed E-state index contributed by atoms with van der Waals surface area (Å²) in [6.45, 7) is 25.1. The normalized spacial score (nSPS) is 12.0. The van der Waals surface area contributed by atoms with Crippen LogP contribution in [-0.2, 0) is 37.9 Å². The molecule has 2 heterocycles. The molecule has 55 heavy (non-hydrogen) atoms. The third-order valence-electron chi connectivity index (χ3n) is 9.27. The summed E-state index contributed by atoms with van der Waals surface area (Å²) in [6, 6.07) is 22.3. The Balaban J connectivity index is 0.000000284. The van der Waals surface area contributed by atoms with Crippen LogP contribution in [-0.4, -0.2) is 34.3 Å². The molecule has 1 N–H and O–H groups in total. The number of nitrogens with zero attached hydrogens (tertiary/aromatic N) is 2. The lowest BCUT2D eigenvalue weighted by molar-refractivity contribution is 0.0638. The fourth-order valence-corrected chi connectivity index (χ4v) is 6.62. The SMILES string of the molecule is CC(C)c1oc(-c2ccc(C(C)(C)C)cc2)nc1CI.Cc1cccc(COCCCOCc2nc(-c3ccc(C(C)(C)C)cc3)oc2C(C)C)c1C(=O)O. The number of carbonyl (C=O) groups is 1. The maximum atomic E-state index is 11.5. The molecule has 2 aromatic heterocycles. The average molecular weight is 863 g/mol. The number of halogens is 1. The molecule has 0 fully saturated rings. The number of hydrogen-bond donors (Lipinski definition) is 1. The molecule has 0 bridgehead atoms. The van der Waals surface area contributed by atoms with Crippen LogP contribution in [0, 0.1) is 6.92 Å². The molecular weight excluding hydrogens is 803 g/mol. The zero-order chi connectivity index (χ0) is 40.5. The van der Waals surface area contributed by atoms with Crippen molar-refractivity contribution in [2.45, 2.75) is 123 Å². The monoisotopic (exact) mass is 862 g/mol. The molecule has 0 atom stereocenters. The maximum Gasteiger partial charge on any atom is 0.336 e. The van der Waals surface area contributed by atoms with Crippen LogP contribution in [0.5, 0.6) is 0 Å². The van der Waals surface area contributed by atoms with Gasteiger partial charge >= 0.3 is 5.97 Å². The van der Waals surface area contributed by atoms with Gasteiger partial charge in [0, 0.05) is 40.6 Å². The largest absolute Gasteiger partial charge is 0.478 e. The van der Waals surface area contributed by atoms with Gasteiger partial charge in [0.2, 0.25) is 11.8 Å². The lowest BCUT2D eigenvalue weighted by Gasteiger charge is -2.18. The summed E-state index contributed by atoms with van der Waals surface area (Å²) in [5.41, 5.74) is 8.50. The molecule has 0 saturated carbocycles. The third-order valence-corrected chi connectivity index (χ3v) is 10.00. The fraction of sp³-hybridized carbons (Fsp3) is 0.457. The maximum absolute atomic E-state index is 11.5. The summed E-state index contributed by atoms with van der Waals surface area (Å²) >= 11 is 2.34. The first-order valence-corrected chi connectivity index (χ1v) is 20.7. The molecular formula is C46H59IN2O6. The van der Waals surface area contributed by atoms with Crippen LogP contribution < -0.4 is 0 Å². The van der Waals surface area contributed by atoms with Gasteiger partial charge in [-0.25, -0.2) is 14.8 Å². The van der Waals surface area contributed by atoms with Crippen LogP contribution in [0.1, 0.15) is 143 Å². The van der Waals surface area contributed by atoms with E-state index in [1.54, 1.807) is 19.1 Å². The lowest BCUT2D eigenvalue weighted by Crippen LogP contribution is -2.10. The summed E-state index contributed by atoms with van der Waals surface area (Å²) in [4.78, 5) is 20.8. The fourth-order valence-electron chi connectivity index (χ4n) is 6.07. The van der Waals surface area contributed by atoms with Crippen LogP contribution in [0.25, 0.3) is 22.9 Å². The van der Waals surface area contributed by atoms with Gasteiger partial charge in [0.25, 0.3) is 0 Å². The molecule has 296 valence electrons. The molecule has 0 spiro atoms. The molecule has 0 amide bonds. The van der Waals surface area contributed by atoms with E-state index in [4.69, 9.17) is 23.3 Å². The van der Waals surface area contributed by atoms with Crippen molar-refractivity contribution in [3.8, 4) is 22.9 Å². The molecule has 0 aliphatic carbocycles. The van der Waals surface area contributed by atoms with Crippen molar-refractivity contribution < 1.29 is 28.2 Å². The van der Waals surface area contributed by atoms with Crippen molar-refractivity contribution in [1.82, 2.24) is 9.97 Å². The van der Waals surface area contributed by atoms with Crippen molar-refractivity contribution in [2.75, 3.05) is 13.2 Å². The van der Waals surface area contributed by atoms with Gasteiger partial charge in [-0.15, -0.1) is 0 Å². The first-order chi connectivity index (χ1) is 25.9. The molecule has 0 radical (unpaired) electrons. The minimum atomic E-state index is -0.928. The van der Waals surface area contributed by atoms with Gasteiger partial charge in [0.15, 0.2) is 0 Å². The van der Waals surface area contributed by atoms with Gasteiger partial charge < -0.3 is 23.4 Å². The Kier molecular flexibility index (Phi) is 15.5. The summed E-state index contributed by atoms with van der Waals surface area (Å²) < 4.78 is 24.5. The number of carboxylic acids is 1. The van der Waals surface area contributed by atoms with Gasteiger partial charge in [0.05, 0.1) is 24.5 Å². The highest BCUT2D eigenvalue weighted by molar-refractivity contribution is 14.1. The van der Waals surface area contributed by atoms with Crippen LogP contribution >= 0.6 is 22.6 Å². The molecule has 0 aliphatic heterocycles. The molecule has 0 saturated heterocycles. The average Bonchev–Trinajstić information content (AvgIpc) is 3.76. The second-order valence-corrected chi connectivity index (χ2v) is 17.4. The number of carboxylic acid groups (broad SMARTS) is 1. The Hall–Kier alpha value is -3.80. The van der Waals surface area contributed by atoms with E-state index in [1.165, 1.54) is 11.1 Å². The molecule has 5 aromatic rings. The number of alkyl halides is 1. The van der Waals surface area contributed by atoms with Crippen molar-refractivity contribution >= 4 is 28.6 Å². The lowest BCUT2D eigenvalue weighted by atomic mass is 9.87.